The first-order valence-corrected chi connectivity index (χ1v) is 13.5. The number of ether oxygens (including phenoxy) is 1. The summed E-state index contributed by atoms with van der Waals surface area (Å²) in [4.78, 5) is 4.62. The van der Waals surface area contributed by atoms with Crippen LogP contribution in [0, 0.1) is 17.7 Å². The Balaban J connectivity index is 1.23. The highest BCUT2D eigenvalue weighted by atomic mass is 19.1. The van der Waals surface area contributed by atoms with Gasteiger partial charge in [0.05, 0.1) is 19.3 Å². The lowest BCUT2D eigenvalue weighted by molar-refractivity contribution is -0.958. The van der Waals surface area contributed by atoms with Crippen molar-refractivity contribution in [3.8, 4) is 5.75 Å². The Bertz CT molecular complexity index is 1150. The molecule has 0 unspecified atom stereocenters. The van der Waals surface area contributed by atoms with E-state index in [1.165, 1.54) is 18.6 Å². The minimum atomic E-state index is -1.46. The molecule has 2 atom stereocenters. The highest BCUT2D eigenvalue weighted by Gasteiger charge is 2.48. The van der Waals surface area contributed by atoms with Gasteiger partial charge in [0.1, 0.15) is 24.7 Å². The third-order valence-electron chi connectivity index (χ3n) is 8.89. The molecule has 0 radical (unpaired) electrons. The summed E-state index contributed by atoms with van der Waals surface area (Å²) in [6.45, 7) is 3.77. The first-order chi connectivity index (χ1) is 17.5. The van der Waals surface area contributed by atoms with Gasteiger partial charge in [0.15, 0.2) is 17.8 Å². The molecule has 7 rings (SSSR count). The molecule has 3 aliphatic heterocycles. The Kier molecular flexibility index (Phi) is 6.34. The van der Waals surface area contributed by atoms with Crippen LogP contribution >= 0.6 is 0 Å². The van der Waals surface area contributed by atoms with E-state index >= 15 is 0 Å². The van der Waals surface area contributed by atoms with Crippen molar-refractivity contribution < 1.29 is 23.1 Å². The summed E-state index contributed by atoms with van der Waals surface area (Å²) in [5.74, 6) is 2.10. The van der Waals surface area contributed by atoms with Crippen LogP contribution in [0.2, 0.25) is 0 Å². The number of hydrogen-bond donors (Lipinski definition) is 0. The molecular weight excluding hydrogens is 455 g/mol. The van der Waals surface area contributed by atoms with Gasteiger partial charge in [-0.3, -0.25) is 0 Å². The molecule has 1 saturated carbocycles. The van der Waals surface area contributed by atoms with Crippen LogP contribution in [-0.2, 0) is 12.1 Å². The quantitative estimate of drug-likeness (QED) is 0.428. The third kappa shape index (κ3) is 4.46. The van der Waals surface area contributed by atoms with Crippen LogP contribution in [0.15, 0.2) is 65.2 Å². The van der Waals surface area contributed by atoms with E-state index in [1.807, 2.05) is 30.3 Å². The molecule has 4 aliphatic rings. The van der Waals surface area contributed by atoms with Crippen molar-refractivity contribution in [3.05, 3.63) is 83.8 Å². The molecule has 5 nitrogen and oxygen atoms in total. The van der Waals surface area contributed by atoms with Crippen LogP contribution in [-0.4, -0.2) is 35.2 Å². The molecule has 6 heteroatoms. The average molecular weight is 491 g/mol. The van der Waals surface area contributed by atoms with Crippen LogP contribution in [0.1, 0.15) is 62.2 Å². The van der Waals surface area contributed by atoms with Gasteiger partial charge in [0.25, 0.3) is 0 Å². The molecule has 1 aliphatic carbocycles. The van der Waals surface area contributed by atoms with Crippen LogP contribution < -0.4 is 9.84 Å². The third-order valence-corrected chi connectivity index (χ3v) is 8.89. The van der Waals surface area contributed by atoms with Gasteiger partial charge < -0.3 is 18.7 Å². The van der Waals surface area contributed by atoms with Crippen molar-refractivity contribution >= 4 is 0 Å². The number of nitrogens with zero attached hydrogens (tertiary/aromatic N) is 2. The summed E-state index contributed by atoms with van der Waals surface area (Å²) in [7, 11) is 0. The van der Waals surface area contributed by atoms with Crippen LogP contribution in [0.4, 0.5) is 4.39 Å². The Morgan fingerprint density at radius 1 is 0.972 bits per heavy atom. The van der Waals surface area contributed by atoms with Crippen molar-refractivity contribution in [1.29, 1.82) is 0 Å². The maximum atomic E-state index is 14.6. The number of fused-ring (bicyclic) bond motifs is 3. The zero-order chi connectivity index (χ0) is 24.6. The van der Waals surface area contributed by atoms with Gasteiger partial charge in [-0.15, -0.1) is 0 Å². The second-order valence-electron chi connectivity index (χ2n) is 11.1. The van der Waals surface area contributed by atoms with Crippen LogP contribution in [0.3, 0.4) is 0 Å². The molecular formula is C30H35FN2O3. The van der Waals surface area contributed by atoms with E-state index in [0.717, 1.165) is 86.3 Å². The minimum Gasteiger partial charge on any atom is -0.839 e. The summed E-state index contributed by atoms with van der Waals surface area (Å²) in [6.07, 6.45) is 9.30. The molecule has 3 saturated heterocycles. The standard InChI is InChI=1S/C30H35FN2O3/c31-25-11-13-26(14-12-25)35-28-21-33(17-15-22(28)16-18-33)20-27-19-32-29(36-27)30(34,23-7-3-1-4-8-23)24-9-5-2-6-10-24/h1,3-4,7-8,11-14,19,22,24,28H,2,5-6,9-10,15-18,20-21H2/t22?,28-,30+,33?/m1/s1. The van der Waals surface area contributed by atoms with E-state index in [-0.39, 0.29) is 17.8 Å². The predicted molar refractivity (Wildman–Crippen MR) is 132 cm³/mol. The van der Waals surface area contributed by atoms with Crippen molar-refractivity contribution in [2.24, 2.45) is 11.8 Å². The number of aromatic nitrogens is 1. The van der Waals surface area contributed by atoms with Crippen molar-refractivity contribution in [3.63, 3.8) is 0 Å². The second kappa shape index (κ2) is 9.64. The number of piperidine rings is 3. The lowest BCUT2D eigenvalue weighted by Crippen LogP contribution is -2.64. The van der Waals surface area contributed by atoms with Gasteiger partial charge in [-0.1, -0.05) is 62.4 Å². The molecule has 0 N–H and O–H groups in total. The fraction of sp³-hybridized carbons (Fsp3) is 0.500. The smallest absolute Gasteiger partial charge is 0.188 e. The summed E-state index contributed by atoms with van der Waals surface area (Å²) >= 11 is 0. The first-order valence-electron chi connectivity index (χ1n) is 13.5. The number of rotatable bonds is 7. The van der Waals surface area contributed by atoms with Gasteiger partial charge in [-0.05, 0) is 41.3 Å². The minimum absolute atomic E-state index is 0.00795. The molecule has 190 valence electrons. The average Bonchev–Trinajstić information content (AvgIpc) is 3.39. The SMILES string of the molecule is [O-][C@](c1ccccc1)(c1ncc(C[N+]23CCC(CC2)[C@H](Oc2ccc(F)cc2)C3)o1)C1CCCCC1. The van der Waals surface area contributed by atoms with E-state index < -0.39 is 5.60 Å². The lowest BCUT2D eigenvalue weighted by atomic mass is 9.73. The zero-order valence-corrected chi connectivity index (χ0v) is 20.8. The Morgan fingerprint density at radius 3 is 2.42 bits per heavy atom. The molecule has 0 spiro atoms. The van der Waals surface area contributed by atoms with Crippen LogP contribution in [0.25, 0.3) is 0 Å². The van der Waals surface area contributed by atoms with Crippen molar-refractivity contribution in [2.75, 3.05) is 19.6 Å². The molecule has 4 fully saturated rings. The predicted octanol–water partition coefficient (Wildman–Crippen LogP) is 5.19. The molecule has 0 amide bonds. The van der Waals surface area contributed by atoms with E-state index in [9.17, 15) is 9.50 Å². The van der Waals surface area contributed by atoms with E-state index in [2.05, 4.69) is 4.98 Å². The van der Waals surface area contributed by atoms with Crippen molar-refractivity contribution in [2.45, 2.75) is 63.2 Å². The topological polar surface area (TPSA) is 58.3 Å². The van der Waals surface area contributed by atoms with Gasteiger partial charge in [-0.2, -0.15) is 0 Å². The monoisotopic (exact) mass is 490 g/mol. The number of halogens is 1. The zero-order valence-electron chi connectivity index (χ0n) is 20.8. The molecule has 2 aromatic carbocycles. The molecule has 1 aromatic heterocycles. The second-order valence-corrected chi connectivity index (χ2v) is 11.1. The number of oxazole rings is 1. The maximum Gasteiger partial charge on any atom is 0.188 e. The molecule has 36 heavy (non-hydrogen) atoms. The molecule has 2 bridgehead atoms. The Hall–Kier alpha value is -2.70. The largest absolute Gasteiger partial charge is 0.839 e. The summed E-state index contributed by atoms with van der Waals surface area (Å²) in [5.41, 5.74) is -0.702. The highest BCUT2D eigenvalue weighted by Crippen LogP contribution is 2.42. The van der Waals surface area contributed by atoms with Gasteiger partial charge in [0, 0.05) is 18.8 Å². The van der Waals surface area contributed by atoms with Gasteiger partial charge in [-0.25, -0.2) is 9.37 Å². The Morgan fingerprint density at radius 2 is 1.69 bits per heavy atom. The van der Waals surface area contributed by atoms with Gasteiger partial charge >= 0.3 is 0 Å². The van der Waals surface area contributed by atoms with E-state index in [4.69, 9.17) is 9.15 Å². The Labute approximate surface area is 212 Å². The summed E-state index contributed by atoms with van der Waals surface area (Å²) < 4.78 is 26.9. The maximum absolute atomic E-state index is 14.6. The molecule has 4 heterocycles. The first kappa shape index (κ1) is 23.7. The van der Waals surface area contributed by atoms with E-state index in [0.29, 0.717) is 11.8 Å². The van der Waals surface area contributed by atoms with Gasteiger partial charge in [0.2, 0.25) is 0 Å². The lowest BCUT2D eigenvalue weighted by Gasteiger charge is -2.51. The summed E-state index contributed by atoms with van der Waals surface area (Å²) in [6, 6.07) is 16.0. The molecule has 3 aromatic rings. The number of quaternary nitrogens is 1. The highest BCUT2D eigenvalue weighted by molar-refractivity contribution is 5.29. The normalized spacial score (nSPS) is 28.1. The van der Waals surface area contributed by atoms with E-state index in [1.54, 1.807) is 18.3 Å². The van der Waals surface area contributed by atoms with Crippen molar-refractivity contribution in [1.82, 2.24) is 4.98 Å². The number of benzene rings is 2. The summed E-state index contributed by atoms with van der Waals surface area (Å²) in [5, 5.41) is 14.6. The van der Waals surface area contributed by atoms with Crippen LogP contribution in [0.5, 0.6) is 5.75 Å². The number of hydrogen-bond acceptors (Lipinski definition) is 4. The fourth-order valence-electron chi connectivity index (χ4n) is 6.88. The fourth-order valence-corrected chi connectivity index (χ4v) is 6.88.